The fourth-order valence-electron chi connectivity index (χ4n) is 2.72. The lowest BCUT2D eigenvalue weighted by molar-refractivity contribution is 0.102. The van der Waals surface area contributed by atoms with Gasteiger partial charge in [0, 0.05) is 16.8 Å². The van der Waals surface area contributed by atoms with Crippen LogP contribution in [0.15, 0.2) is 59.8 Å². The number of allylic oxidation sites excluding steroid dienone is 1. The van der Waals surface area contributed by atoms with E-state index in [-0.39, 0.29) is 5.78 Å². The van der Waals surface area contributed by atoms with E-state index >= 15 is 0 Å². The Morgan fingerprint density at radius 1 is 1.04 bits per heavy atom. The summed E-state index contributed by atoms with van der Waals surface area (Å²) in [6.07, 6.45) is 0. The molecule has 0 radical (unpaired) electrons. The summed E-state index contributed by atoms with van der Waals surface area (Å²) in [5.41, 5.74) is 2.05. The third-order valence-electron chi connectivity index (χ3n) is 3.84. The Morgan fingerprint density at radius 3 is 2.46 bits per heavy atom. The molecule has 24 heavy (non-hydrogen) atoms. The van der Waals surface area contributed by atoms with Crippen molar-refractivity contribution in [3.63, 3.8) is 0 Å². The molecule has 6 heteroatoms. The van der Waals surface area contributed by atoms with Gasteiger partial charge in [-0.1, -0.05) is 65.7 Å². The van der Waals surface area contributed by atoms with Gasteiger partial charge in [0.05, 0.1) is 16.1 Å². The SMILES string of the molecule is CC1=C(C(=O)c2ccccc2)[C@@H](c2cccc(Cl)c2Cl)NC(=O)N1. The molecular formula is C18H14Cl2N2O2. The Hall–Kier alpha value is -2.30. The molecule has 1 aliphatic rings. The van der Waals surface area contributed by atoms with Gasteiger partial charge in [0.15, 0.2) is 5.78 Å². The molecule has 0 unspecified atom stereocenters. The van der Waals surface area contributed by atoms with E-state index in [4.69, 9.17) is 23.2 Å². The number of benzene rings is 2. The summed E-state index contributed by atoms with van der Waals surface area (Å²) in [6.45, 7) is 1.69. The van der Waals surface area contributed by atoms with Gasteiger partial charge < -0.3 is 10.6 Å². The van der Waals surface area contributed by atoms with Crippen LogP contribution in [0, 0.1) is 0 Å². The van der Waals surface area contributed by atoms with Gasteiger partial charge in [0.1, 0.15) is 0 Å². The standard InChI is InChI=1S/C18H14Cl2N2O2/c1-10-14(17(23)11-6-3-2-4-7-11)16(22-18(24)21-10)12-8-5-9-13(19)15(12)20/h2-9,16H,1H3,(H2,21,22,24)/t16-/m1/s1. The largest absolute Gasteiger partial charge is 0.327 e. The monoisotopic (exact) mass is 360 g/mol. The Labute approximate surface area is 149 Å². The van der Waals surface area contributed by atoms with E-state index < -0.39 is 12.1 Å². The van der Waals surface area contributed by atoms with Crippen molar-refractivity contribution in [3.8, 4) is 0 Å². The van der Waals surface area contributed by atoms with Crippen LogP contribution < -0.4 is 10.6 Å². The topological polar surface area (TPSA) is 58.2 Å². The van der Waals surface area contributed by atoms with Crippen LogP contribution in [0.2, 0.25) is 10.0 Å². The van der Waals surface area contributed by atoms with E-state index in [1.807, 2.05) is 6.07 Å². The van der Waals surface area contributed by atoms with Crippen LogP contribution in [0.4, 0.5) is 4.79 Å². The van der Waals surface area contributed by atoms with Crippen LogP contribution in [-0.4, -0.2) is 11.8 Å². The van der Waals surface area contributed by atoms with Gasteiger partial charge in [-0.3, -0.25) is 4.79 Å². The fourth-order valence-corrected chi connectivity index (χ4v) is 3.13. The molecule has 0 bridgehead atoms. The molecule has 3 rings (SSSR count). The maximum atomic E-state index is 13.0. The second-order valence-corrected chi connectivity index (χ2v) is 6.19. The number of ketones is 1. The first-order valence-electron chi connectivity index (χ1n) is 7.31. The number of amides is 2. The van der Waals surface area contributed by atoms with Crippen molar-refractivity contribution in [3.05, 3.63) is 81.0 Å². The van der Waals surface area contributed by atoms with E-state index in [9.17, 15) is 9.59 Å². The minimum atomic E-state index is -0.669. The molecule has 0 saturated carbocycles. The summed E-state index contributed by atoms with van der Waals surface area (Å²) >= 11 is 12.4. The molecule has 4 nitrogen and oxygen atoms in total. The van der Waals surface area contributed by atoms with Gasteiger partial charge in [-0.05, 0) is 18.6 Å². The molecule has 0 spiro atoms. The zero-order valence-electron chi connectivity index (χ0n) is 12.8. The molecule has 1 atom stereocenters. The second kappa shape index (κ2) is 6.67. The highest BCUT2D eigenvalue weighted by Crippen LogP contribution is 2.36. The van der Waals surface area contributed by atoms with Crippen molar-refractivity contribution in [1.82, 2.24) is 10.6 Å². The molecular weight excluding hydrogens is 347 g/mol. The molecule has 0 fully saturated rings. The van der Waals surface area contributed by atoms with Crippen molar-refractivity contribution in [1.29, 1.82) is 0 Å². The minimum Gasteiger partial charge on any atom is -0.327 e. The quantitative estimate of drug-likeness (QED) is 0.791. The van der Waals surface area contributed by atoms with Crippen molar-refractivity contribution in [2.45, 2.75) is 13.0 Å². The van der Waals surface area contributed by atoms with Gasteiger partial charge in [-0.2, -0.15) is 0 Å². The van der Waals surface area contributed by atoms with Crippen LogP contribution in [0.3, 0.4) is 0 Å². The van der Waals surface area contributed by atoms with Gasteiger partial charge in [-0.15, -0.1) is 0 Å². The van der Waals surface area contributed by atoms with Crippen molar-refractivity contribution in [2.75, 3.05) is 0 Å². The number of hydrogen-bond donors (Lipinski definition) is 2. The van der Waals surface area contributed by atoms with Crippen LogP contribution in [0.25, 0.3) is 0 Å². The zero-order valence-corrected chi connectivity index (χ0v) is 14.3. The number of Topliss-reactive ketones (excluding diaryl/α,β-unsaturated/α-hetero) is 1. The molecule has 2 amide bonds. The summed E-state index contributed by atoms with van der Waals surface area (Å²) in [7, 11) is 0. The molecule has 0 aromatic heterocycles. The van der Waals surface area contributed by atoms with E-state index in [1.54, 1.807) is 49.4 Å². The molecule has 0 saturated heterocycles. The fraction of sp³-hybridized carbons (Fsp3) is 0.111. The van der Waals surface area contributed by atoms with E-state index in [1.165, 1.54) is 0 Å². The van der Waals surface area contributed by atoms with E-state index in [0.717, 1.165) is 0 Å². The zero-order chi connectivity index (χ0) is 17.3. The predicted molar refractivity (Wildman–Crippen MR) is 94.3 cm³/mol. The molecule has 0 aliphatic carbocycles. The van der Waals surface area contributed by atoms with Crippen LogP contribution in [0.1, 0.15) is 28.9 Å². The Morgan fingerprint density at radius 2 is 1.75 bits per heavy atom. The first-order valence-corrected chi connectivity index (χ1v) is 8.06. The normalized spacial score (nSPS) is 17.3. The smallest absolute Gasteiger partial charge is 0.319 e. The molecule has 122 valence electrons. The maximum Gasteiger partial charge on any atom is 0.319 e. The average Bonchev–Trinajstić information content (AvgIpc) is 2.57. The predicted octanol–water partition coefficient (Wildman–Crippen LogP) is 4.50. The van der Waals surface area contributed by atoms with Gasteiger partial charge in [-0.25, -0.2) is 4.79 Å². The lowest BCUT2D eigenvalue weighted by Gasteiger charge is -2.29. The Balaban J connectivity index is 2.13. The highest BCUT2D eigenvalue weighted by Gasteiger charge is 2.33. The Bertz CT molecular complexity index is 847. The molecule has 1 aliphatic heterocycles. The molecule has 2 aromatic rings. The maximum absolute atomic E-state index is 13.0. The van der Waals surface area contributed by atoms with Crippen molar-refractivity contribution < 1.29 is 9.59 Å². The number of carbonyl (C=O) groups excluding carboxylic acids is 2. The number of halogens is 2. The molecule has 2 N–H and O–H groups in total. The number of carbonyl (C=O) groups is 2. The van der Waals surface area contributed by atoms with E-state index in [2.05, 4.69) is 10.6 Å². The van der Waals surface area contributed by atoms with Crippen LogP contribution in [0.5, 0.6) is 0 Å². The number of rotatable bonds is 3. The highest BCUT2D eigenvalue weighted by atomic mass is 35.5. The summed E-state index contributed by atoms with van der Waals surface area (Å²) < 4.78 is 0. The third kappa shape index (κ3) is 3.03. The van der Waals surface area contributed by atoms with Crippen molar-refractivity contribution in [2.24, 2.45) is 0 Å². The van der Waals surface area contributed by atoms with Gasteiger partial charge in [0.2, 0.25) is 0 Å². The summed E-state index contributed by atoms with van der Waals surface area (Å²) in [6, 6.07) is 13.0. The summed E-state index contributed by atoms with van der Waals surface area (Å²) in [5, 5.41) is 6.09. The first-order chi connectivity index (χ1) is 11.5. The second-order valence-electron chi connectivity index (χ2n) is 5.41. The summed E-state index contributed by atoms with van der Waals surface area (Å²) in [5.74, 6) is -0.179. The lowest BCUT2D eigenvalue weighted by Crippen LogP contribution is -2.45. The van der Waals surface area contributed by atoms with E-state index in [0.29, 0.717) is 32.4 Å². The Kier molecular flexibility index (Phi) is 4.60. The van der Waals surface area contributed by atoms with Gasteiger partial charge in [0.25, 0.3) is 0 Å². The number of hydrogen-bond acceptors (Lipinski definition) is 2. The number of urea groups is 1. The van der Waals surface area contributed by atoms with Crippen LogP contribution in [-0.2, 0) is 0 Å². The summed E-state index contributed by atoms with van der Waals surface area (Å²) in [4.78, 5) is 24.9. The highest BCUT2D eigenvalue weighted by molar-refractivity contribution is 6.42. The molecule has 1 heterocycles. The molecule has 2 aromatic carbocycles. The lowest BCUT2D eigenvalue weighted by atomic mass is 9.89. The average molecular weight is 361 g/mol. The first kappa shape index (κ1) is 16.6. The minimum absolute atomic E-state index is 0.179. The van der Waals surface area contributed by atoms with Gasteiger partial charge >= 0.3 is 6.03 Å². The third-order valence-corrected chi connectivity index (χ3v) is 4.68. The van der Waals surface area contributed by atoms with Crippen LogP contribution >= 0.6 is 23.2 Å². The number of nitrogens with one attached hydrogen (secondary N) is 2. The van der Waals surface area contributed by atoms with Crippen molar-refractivity contribution >= 4 is 35.0 Å².